The number of thioether (sulfide) groups is 1. The van der Waals surface area contributed by atoms with Crippen LogP contribution in [0, 0.1) is 11.6 Å². The number of aliphatic carboxylic acids is 1. The van der Waals surface area contributed by atoms with E-state index in [0.29, 0.717) is 15.4 Å². The summed E-state index contributed by atoms with van der Waals surface area (Å²) in [5.41, 5.74) is 0.518. The zero-order valence-corrected chi connectivity index (χ0v) is 16.4. The lowest BCUT2D eigenvalue weighted by atomic mass is 10.2. The van der Waals surface area contributed by atoms with E-state index in [-0.39, 0.29) is 30.8 Å². The average molecular weight is 422 g/mol. The number of nitrogens with zero attached hydrogens (tertiary/aromatic N) is 2. The highest BCUT2D eigenvalue weighted by Crippen LogP contribution is 2.29. The third-order valence-corrected chi connectivity index (χ3v) is 5.74. The number of hydrogen-bond donors (Lipinski definition) is 1. The minimum absolute atomic E-state index is 0.0384. The van der Waals surface area contributed by atoms with Crippen LogP contribution in [0.25, 0.3) is 10.2 Å². The quantitative estimate of drug-likeness (QED) is 0.559. The second kappa shape index (κ2) is 8.66. The van der Waals surface area contributed by atoms with Crippen molar-refractivity contribution in [2.24, 2.45) is 0 Å². The SMILES string of the molecule is CSc1cccc(N(Cc2nc3c(F)c(F)ccc3s2)C(=O)CCC(=O)O)c1. The standard InChI is InChI=1S/C19H16F2N2O3S2/c1-27-12-4-2-3-11(9-12)23(16(24)7-8-17(25)26)10-15-22-19-14(28-15)6-5-13(20)18(19)21/h2-6,9H,7-8,10H2,1H3,(H,25,26). The molecule has 2 aromatic carbocycles. The highest BCUT2D eigenvalue weighted by atomic mass is 32.2. The molecule has 9 heteroatoms. The lowest BCUT2D eigenvalue weighted by molar-refractivity contribution is -0.138. The Hall–Kier alpha value is -2.52. The smallest absolute Gasteiger partial charge is 0.303 e. The van der Waals surface area contributed by atoms with E-state index in [4.69, 9.17) is 5.11 Å². The Kier molecular flexibility index (Phi) is 6.25. The number of carboxylic acid groups (broad SMARTS) is 1. The second-order valence-corrected chi connectivity index (χ2v) is 7.89. The maximum absolute atomic E-state index is 14.0. The first-order valence-corrected chi connectivity index (χ1v) is 10.3. The number of halogens is 2. The van der Waals surface area contributed by atoms with Crippen molar-refractivity contribution >= 4 is 50.9 Å². The third-order valence-electron chi connectivity index (χ3n) is 4.01. The van der Waals surface area contributed by atoms with Crippen LogP contribution in [0.5, 0.6) is 0 Å². The van der Waals surface area contributed by atoms with Gasteiger partial charge in [-0.05, 0) is 36.6 Å². The largest absolute Gasteiger partial charge is 0.481 e. The van der Waals surface area contributed by atoms with E-state index in [0.717, 1.165) is 22.3 Å². The van der Waals surface area contributed by atoms with Gasteiger partial charge >= 0.3 is 5.97 Å². The van der Waals surface area contributed by atoms with Gasteiger partial charge in [-0.2, -0.15) is 0 Å². The van der Waals surface area contributed by atoms with Crippen molar-refractivity contribution in [3.8, 4) is 0 Å². The van der Waals surface area contributed by atoms with E-state index >= 15 is 0 Å². The zero-order chi connectivity index (χ0) is 20.3. The van der Waals surface area contributed by atoms with Gasteiger partial charge in [0.15, 0.2) is 11.6 Å². The molecule has 146 valence electrons. The molecule has 0 bridgehead atoms. The molecule has 1 aromatic heterocycles. The van der Waals surface area contributed by atoms with Crippen LogP contribution in [-0.4, -0.2) is 28.2 Å². The number of rotatable bonds is 7. The molecule has 28 heavy (non-hydrogen) atoms. The predicted octanol–water partition coefficient (Wildman–Crippen LogP) is 4.69. The normalized spacial score (nSPS) is 11.0. The number of amides is 1. The Morgan fingerprint density at radius 2 is 2.00 bits per heavy atom. The van der Waals surface area contributed by atoms with Gasteiger partial charge < -0.3 is 10.0 Å². The molecule has 3 aromatic rings. The molecule has 0 saturated heterocycles. The van der Waals surface area contributed by atoms with Crippen LogP contribution >= 0.6 is 23.1 Å². The van der Waals surface area contributed by atoms with Gasteiger partial charge in [-0.3, -0.25) is 9.59 Å². The monoisotopic (exact) mass is 422 g/mol. The van der Waals surface area contributed by atoms with Crippen molar-refractivity contribution in [2.45, 2.75) is 24.3 Å². The van der Waals surface area contributed by atoms with Crippen molar-refractivity contribution in [3.05, 3.63) is 53.0 Å². The Labute approximate surface area is 168 Å². The molecule has 0 spiro atoms. The number of benzene rings is 2. The number of aromatic nitrogens is 1. The Morgan fingerprint density at radius 3 is 2.71 bits per heavy atom. The third kappa shape index (κ3) is 4.48. The van der Waals surface area contributed by atoms with Gasteiger partial charge in [0.2, 0.25) is 5.91 Å². The zero-order valence-electron chi connectivity index (χ0n) is 14.8. The molecule has 0 aliphatic heterocycles. The molecule has 1 amide bonds. The Morgan fingerprint density at radius 1 is 1.21 bits per heavy atom. The number of carbonyl (C=O) groups is 2. The van der Waals surface area contributed by atoms with Gasteiger partial charge in [-0.1, -0.05) is 6.07 Å². The number of fused-ring (bicyclic) bond motifs is 1. The van der Waals surface area contributed by atoms with Gasteiger partial charge in [0.25, 0.3) is 0 Å². The van der Waals surface area contributed by atoms with Crippen molar-refractivity contribution in [3.63, 3.8) is 0 Å². The summed E-state index contributed by atoms with van der Waals surface area (Å²) < 4.78 is 27.9. The fourth-order valence-electron chi connectivity index (χ4n) is 2.64. The molecule has 0 aliphatic carbocycles. The predicted molar refractivity (Wildman–Crippen MR) is 106 cm³/mol. The van der Waals surface area contributed by atoms with E-state index < -0.39 is 17.6 Å². The number of hydrogen-bond acceptors (Lipinski definition) is 5. The number of anilines is 1. The minimum atomic E-state index is -1.07. The molecule has 0 atom stereocenters. The van der Waals surface area contributed by atoms with E-state index in [1.807, 2.05) is 18.4 Å². The van der Waals surface area contributed by atoms with Gasteiger partial charge in [-0.15, -0.1) is 23.1 Å². The Balaban J connectivity index is 1.95. The molecule has 0 fully saturated rings. The molecule has 0 unspecified atom stereocenters. The van der Waals surface area contributed by atoms with Crippen LogP contribution < -0.4 is 4.90 Å². The molecule has 1 N–H and O–H groups in total. The summed E-state index contributed by atoms with van der Waals surface area (Å²) in [4.78, 5) is 30.0. The minimum Gasteiger partial charge on any atom is -0.481 e. The van der Waals surface area contributed by atoms with Gasteiger partial charge in [0.1, 0.15) is 10.5 Å². The maximum Gasteiger partial charge on any atom is 0.303 e. The summed E-state index contributed by atoms with van der Waals surface area (Å²) in [6.45, 7) is 0.0384. The molecular weight excluding hydrogens is 406 g/mol. The highest BCUT2D eigenvalue weighted by Gasteiger charge is 2.21. The van der Waals surface area contributed by atoms with E-state index in [9.17, 15) is 18.4 Å². The second-order valence-electron chi connectivity index (χ2n) is 5.89. The molecular formula is C19H16F2N2O3S2. The van der Waals surface area contributed by atoms with E-state index in [1.54, 1.807) is 12.1 Å². The molecule has 0 aliphatic rings. The topological polar surface area (TPSA) is 70.5 Å². The number of carbonyl (C=O) groups excluding carboxylic acids is 1. The summed E-state index contributed by atoms with van der Waals surface area (Å²) in [6, 6.07) is 9.73. The van der Waals surface area contributed by atoms with Crippen LogP contribution in [0.3, 0.4) is 0 Å². The average Bonchev–Trinajstić information content (AvgIpc) is 3.10. The maximum atomic E-state index is 14.0. The molecule has 1 heterocycles. The van der Waals surface area contributed by atoms with Gasteiger partial charge in [0, 0.05) is 17.0 Å². The summed E-state index contributed by atoms with van der Waals surface area (Å²) in [5, 5.41) is 9.31. The number of carboxylic acids is 1. The van der Waals surface area contributed by atoms with Crippen molar-refractivity contribution in [2.75, 3.05) is 11.2 Å². The fourth-order valence-corrected chi connectivity index (χ4v) is 4.04. The summed E-state index contributed by atoms with van der Waals surface area (Å²) in [5.74, 6) is -3.45. The number of thiazole rings is 1. The summed E-state index contributed by atoms with van der Waals surface area (Å²) >= 11 is 2.67. The van der Waals surface area contributed by atoms with Crippen LogP contribution in [0.15, 0.2) is 41.3 Å². The first kappa shape index (κ1) is 20.2. The summed E-state index contributed by atoms with van der Waals surface area (Å²) in [6.07, 6.45) is 1.44. The van der Waals surface area contributed by atoms with Crippen molar-refractivity contribution in [1.29, 1.82) is 0 Å². The van der Waals surface area contributed by atoms with Crippen molar-refractivity contribution < 1.29 is 23.5 Å². The van der Waals surface area contributed by atoms with Crippen molar-refractivity contribution in [1.82, 2.24) is 4.98 Å². The van der Waals surface area contributed by atoms with Crippen LogP contribution in [0.4, 0.5) is 14.5 Å². The van der Waals surface area contributed by atoms with Gasteiger partial charge in [-0.25, -0.2) is 13.8 Å². The van der Waals surface area contributed by atoms with E-state index in [1.165, 1.54) is 22.7 Å². The van der Waals surface area contributed by atoms with Crippen LogP contribution in [-0.2, 0) is 16.1 Å². The molecule has 5 nitrogen and oxygen atoms in total. The first-order chi connectivity index (χ1) is 13.4. The fraction of sp³-hybridized carbons (Fsp3) is 0.211. The van der Waals surface area contributed by atoms with Gasteiger partial charge in [0.05, 0.1) is 17.7 Å². The summed E-state index contributed by atoms with van der Waals surface area (Å²) in [7, 11) is 0. The van der Waals surface area contributed by atoms with Crippen LogP contribution in [0.2, 0.25) is 0 Å². The first-order valence-electron chi connectivity index (χ1n) is 8.28. The highest BCUT2D eigenvalue weighted by molar-refractivity contribution is 7.98. The molecule has 0 saturated carbocycles. The Bertz CT molecular complexity index is 1040. The lowest BCUT2D eigenvalue weighted by Crippen LogP contribution is -2.30. The lowest BCUT2D eigenvalue weighted by Gasteiger charge is -2.22. The molecule has 3 rings (SSSR count). The van der Waals surface area contributed by atoms with E-state index in [2.05, 4.69) is 4.98 Å². The molecule has 0 radical (unpaired) electrons. The van der Waals surface area contributed by atoms with Crippen LogP contribution in [0.1, 0.15) is 17.8 Å².